The monoisotopic (exact) mass is 244 g/mol. The number of nitrogens with zero attached hydrogens (tertiary/aromatic N) is 4. The first-order chi connectivity index (χ1) is 8.78. The van der Waals surface area contributed by atoms with E-state index in [1.54, 1.807) is 6.33 Å². The highest BCUT2D eigenvalue weighted by atomic mass is 16.3. The molecule has 1 aliphatic rings. The van der Waals surface area contributed by atoms with Gasteiger partial charge in [-0.3, -0.25) is 0 Å². The van der Waals surface area contributed by atoms with Gasteiger partial charge in [0.15, 0.2) is 5.82 Å². The zero-order valence-electron chi connectivity index (χ0n) is 10.4. The number of anilines is 1. The molecule has 5 nitrogen and oxygen atoms in total. The van der Waals surface area contributed by atoms with Crippen molar-refractivity contribution in [3.05, 3.63) is 41.5 Å². The van der Waals surface area contributed by atoms with Gasteiger partial charge in [0.2, 0.25) is 0 Å². The quantitative estimate of drug-likeness (QED) is 0.859. The van der Waals surface area contributed by atoms with Crippen LogP contribution in [0.15, 0.2) is 24.5 Å². The third-order valence-electron chi connectivity index (χ3n) is 3.38. The molecule has 0 fully saturated rings. The molecule has 0 atom stereocenters. The van der Waals surface area contributed by atoms with E-state index in [4.69, 9.17) is 0 Å². The number of benzene rings is 1. The summed E-state index contributed by atoms with van der Waals surface area (Å²) in [6, 6.07) is 6.19. The predicted octanol–water partition coefficient (Wildman–Crippen LogP) is 1.10. The molecule has 5 heteroatoms. The first-order valence-electron chi connectivity index (χ1n) is 6.10. The van der Waals surface area contributed by atoms with Crippen LogP contribution in [0.3, 0.4) is 0 Å². The number of aliphatic hydroxyl groups excluding tert-OH is 1. The molecule has 0 spiro atoms. The Labute approximate surface area is 106 Å². The summed E-state index contributed by atoms with van der Waals surface area (Å²) in [7, 11) is 0. The van der Waals surface area contributed by atoms with Crippen molar-refractivity contribution in [2.45, 2.75) is 26.6 Å². The molecule has 0 saturated heterocycles. The van der Waals surface area contributed by atoms with Gasteiger partial charge in [0.1, 0.15) is 6.33 Å². The fourth-order valence-corrected chi connectivity index (χ4v) is 2.42. The van der Waals surface area contributed by atoms with Crippen LogP contribution in [-0.4, -0.2) is 26.4 Å². The summed E-state index contributed by atoms with van der Waals surface area (Å²) in [5.41, 5.74) is 3.24. The Hall–Kier alpha value is -1.88. The topological polar surface area (TPSA) is 54.2 Å². The molecule has 94 valence electrons. The summed E-state index contributed by atoms with van der Waals surface area (Å²) >= 11 is 0. The van der Waals surface area contributed by atoms with Crippen molar-refractivity contribution in [1.29, 1.82) is 0 Å². The summed E-state index contributed by atoms with van der Waals surface area (Å²) in [5.74, 6) is 0.978. The largest absolute Gasteiger partial charge is 0.392 e. The Morgan fingerprint density at radius 3 is 3.06 bits per heavy atom. The van der Waals surface area contributed by atoms with Crippen molar-refractivity contribution in [1.82, 2.24) is 14.8 Å². The first kappa shape index (κ1) is 11.2. The van der Waals surface area contributed by atoms with Gasteiger partial charge in [0, 0.05) is 24.3 Å². The lowest BCUT2D eigenvalue weighted by Crippen LogP contribution is -2.34. The maximum Gasteiger partial charge on any atom is 0.152 e. The van der Waals surface area contributed by atoms with Gasteiger partial charge in [-0.25, -0.2) is 0 Å². The third kappa shape index (κ3) is 1.86. The fraction of sp³-hybridized carbons (Fsp3) is 0.385. The first-order valence-corrected chi connectivity index (χ1v) is 6.10. The molecule has 1 aromatic carbocycles. The van der Waals surface area contributed by atoms with E-state index in [0.29, 0.717) is 0 Å². The summed E-state index contributed by atoms with van der Waals surface area (Å²) in [4.78, 5) is 2.25. The zero-order valence-corrected chi connectivity index (χ0v) is 10.4. The second kappa shape index (κ2) is 4.42. The van der Waals surface area contributed by atoms with E-state index in [1.807, 2.05) is 13.0 Å². The summed E-state index contributed by atoms with van der Waals surface area (Å²) in [6.07, 6.45) is 1.77. The highest BCUT2D eigenvalue weighted by Crippen LogP contribution is 2.25. The van der Waals surface area contributed by atoms with Crippen molar-refractivity contribution in [2.75, 3.05) is 11.4 Å². The molecule has 1 N–H and O–H groups in total. The summed E-state index contributed by atoms with van der Waals surface area (Å²) in [5, 5.41) is 17.5. The Morgan fingerprint density at radius 2 is 2.22 bits per heavy atom. The van der Waals surface area contributed by atoms with Crippen molar-refractivity contribution in [3.8, 4) is 0 Å². The van der Waals surface area contributed by atoms with E-state index < -0.39 is 0 Å². The van der Waals surface area contributed by atoms with Gasteiger partial charge in [-0.15, -0.1) is 10.2 Å². The maximum atomic E-state index is 9.47. The Kier molecular flexibility index (Phi) is 2.76. The Morgan fingerprint density at radius 1 is 1.33 bits per heavy atom. The molecule has 0 saturated carbocycles. The van der Waals surface area contributed by atoms with Crippen LogP contribution < -0.4 is 4.90 Å². The molecule has 1 aromatic heterocycles. The van der Waals surface area contributed by atoms with Gasteiger partial charge in [-0.05, 0) is 13.0 Å². The van der Waals surface area contributed by atoms with Crippen LogP contribution in [0.2, 0.25) is 0 Å². The van der Waals surface area contributed by atoms with E-state index in [-0.39, 0.29) is 6.61 Å². The lowest BCUT2D eigenvalue weighted by atomic mass is 10.1. The van der Waals surface area contributed by atoms with Crippen LogP contribution in [0.1, 0.15) is 17.0 Å². The fourth-order valence-electron chi connectivity index (χ4n) is 2.42. The Bertz CT molecular complexity index is 564. The highest BCUT2D eigenvalue weighted by molar-refractivity contribution is 5.55. The highest BCUT2D eigenvalue weighted by Gasteiger charge is 2.19. The number of aryl methyl sites for hydroxylation is 1. The lowest BCUT2D eigenvalue weighted by Gasteiger charge is -2.30. The van der Waals surface area contributed by atoms with Gasteiger partial charge < -0.3 is 14.6 Å². The third-order valence-corrected chi connectivity index (χ3v) is 3.38. The molecule has 0 aliphatic carbocycles. The number of aliphatic hydroxyl groups is 1. The molecule has 2 aromatic rings. The summed E-state index contributed by atoms with van der Waals surface area (Å²) in [6.45, 7) is 4.66. The van der Waals surface area contributed by atoms with Crippen molar-refractivity contribution in [3.63, 3.8) is 0 Å². The van der Waals surface area contributed by atoms with E-state index in [2.05, 4.69) is 31.8 Å². The molecule has 1 aliphatic heterocycles. The number of rotatable bonds is 2. The molecule has 0 unspecified atom stereocenters. The van der Waals surface area contributed by atoms with E-state index in [9.17, 15) is 5.11 Å². The van der Waals surface area contributed by atoms with Crippen molar-refractivity contribution < 1.29 is 5.11 Å². The van der Waals surface area contributed by atoms with Crippen molar-refractivity contribution >= 4 is 5.69 Å². The molecular weight excluding hydrogens is 228 g/mol. The molecular formula is C13H16N4O. The van der Waals surface area contributed by atoms with Crippen LogP contribution in [0, 0.1) is 6.92 Å². The minimum Gasteiger partial charge on any atom is -0.392 e. The number of hydrogen-bond donors (Lipinski definition) is 1. The van der Waals surface area contributed by atoms with Crippen LogP contribution >= 0.6 is 0 Å². The van der Waals surface area contributed by atoms with Gasteiger partial charge in [-0.1, -0.05) is 17.7 Å². The molecule has 18 heavy (non-hydrogen) atoms. The number of fused-ring (bicyclic) bond motifs is 1. The second-order valence-electron chi connectivity index (χ2n) is 4.65. The Balaban J connectivity index is 1.93. The van der Waals surface area contributed by atoms with Crippen molar-refractivity contribution in [2.24, 2.45) is 0 Å². The second-order valence-corrected chi connectivity index (χ2v) is 4.65. The van der Waals surface area contributed by atoms with E-state index in [0.717, 1.165) is 36.7 Å². The maximum absolute atomic E-state index is 9.47. The molecule has 0 bridgehead atoms. The minimum atomic E-state index is 0.0696. The number of aromatic nitrogens is 3. The smallest absolute Gasteiger partial charge is 0.152 e. The van der Waals surface area contributed by atoms with E-state index >= 15 is 0 Å². The predicted molar refractivity (Wildman–Crippen MR) is 68.2 cm³/mol. The molecule has 2 heterocycles. The van der Waals surface area contributed by atoms with Gasteiger partial charge in [-0.2, -0.15) is 0 Å². The van der Waals surface area contributed by atoms with Crippen LogP contribution in [0.4, 0.5) is 5.69 Å². The van der Waals surface area contributed by atoms with Gasteiger partial charge in [0.05, 0.1) is 13.2 Å². The van der Waals surface area contributed by atoms with E-state index in [1.165, 1.54) is 5.56 Å². The number of hydrogen-bond acceptors (Lipinski definition) is 4. The zero-order chi connectivity index (χ0) is 12.5. The standard InChI is InChI=1S/C13H16N4O/c1-10-2-3-12(11(6-10)8-18)16-4-5-17-9-14-15-13(17)7-16/h2-3,6,9,18H,4-5,7-8H2,1H3. The van der Waals surface area contributed by atoms with Gasteiger partial charge in [0.25, 0.3) is 0 Å². The normalized spacial score (nSPS) is 14.7. The average Bonchev–Trinajstić information content (AvgIpc) is 2.85. The summed E-state index contributed by atoms with van der Waals surface area (Å²) < 4.78 is 2.07. The molecule has 0 radical (unpaired) electrons. The lowest BCUT2D eigenvalue weighted by molar-refractivity contribution is 0.281. The molecule has 0 amide bonds. The minimum absolute atomic E-state index is 0.0696. The SMILES string of the molecule is Cc1ccc(N2CCn3cnnc3C2)c(CO)c1. The molecule has 3 rings (SSSR count). The van der Waals surface area contributed by atoms with Crippen LogP contribution in [-0.2, 0) is 19.7 Å². The van der Waals surface area contributed by atoms with Crippen LogP contribution in [0.25, 0.3) is 0 Å². The van der Waals surface area contributed by atoms with Gasteiger partial charge >= 0.3 is 0 Å². The van der Waals surface area contributed by atoms with Crippen LogP contribution in [0.5, 0.6) is 0 Å². The average molecular weight is 244 g/mol.